The Kier molecular flexibility index (Phi) is 7.35. The molecule has 25 heavy (non-hydrogen) atoms. The average molecular weight is 367 g/mol. The Morgan fingerprint density at radius 3 is 2.36 bits per heavy atom. The summed E-state index contributed by atoms with van der Waals surface area (Å²) < 4.78 is 3.35. The van der Waals surface area contributed by atoms with Gasteiger partial charge in [0.1, 0.15) is 0 Å². The molecule has 0 amide bonds. The molecule has 1 N–H and O–H groups in total. The number of aryl methyl sites for hydroxylation is 1. The number of hydrogen-bond acceptors (Lipinski definition) is 4. The molecule has 0 aliphatic heterocycles. The second-order valence-corrected chi connectivity index (χ2v) is 7.88. The Hall–Kier alpha value is -1.50. The maximum atomic E-state index is 12.3. The molecule has 0 unspecified atom stereocenters. The van der Waals surface area contributed by atoms with Crippen LogP contribution in [0.15, 0.2) is 14.7 Å². The topological polar surface area (TPSA) is 72.7 Å². The fourth-order valence-corrected chi connectivity index (χ4v) is 4.11. The van der Waals surface area contributed by atoms with Gasteiger partial charge in [0.25, 0.3) is 5.56 Å². The van der Waals surface area contributed by atoms with Crippen molar-refractivity contribution >= 4 is 22.9 Å². The lowest BCUT2D eigenvalue weighted by molar-refractivity contribution is 0.564. The van der Waals surface area contributed by atoms with E-state index in [4.69, 9.17) is 0 Å². The summed E-state index contributed by atoms with van der Waals surface area (Å²) in [5.41, 5.74) is 0.167. The molecule has 140 valence electrons. The zero-order chi connectivity index (χ0) is 18.4. The predicted octanol–water partition coefficient (Wildman–Crippen LogP) is 3.85. The van der Waals surface area contributed by atoms with E-state index in [1.54, 1.807) is 18.8 Å². The van der Waals surface area contributed by atoms with E-state index in [1.807, 2.05) is 18.4 Å². The molecule has 2 aromatic rings. The first kappa shape index (κ1) is 19.8. The van der Waals surface area contributed by atoms with Gasteiger partial charge in [-0.15, -0.1) is 0 Å². The summed E-state index contributed by atoms with van der Waals surface area (Å²) >= 11 is 1.68. The zero-order valence-corrected chi connectivity index (χ0v) is 16.6. The summed E-state index contributed by atoms with van der Waals surface area (Å²) in [6, 6.07) is 0.111. The lowest BCUT2D eigenvalue weighted by Gasteiger charge is -2.11. The standard InChI is InChI=1S/C18H30N4O2S/c1-5-6-7-8-9-10-11-12-25-18-19-15-14(22(18)13(2)3)16(23)20-17(24)21(15)4/h13H,5-12H2,1-4H3,(H,20,23,24). The van der Waals surface area contributed by atoms with Crippen molar-refractivity contribution in [1.82, 2.24) is 19.1 Å². The van der Waals surface area contributed by atoms with E-state index in [-0.39, 0.29) is 11.6 Å². The van der Waals surface area contributed by atoms with Crippen molar-refractivity contribution in [2.24, 2.45) is 7.05 Å². The zero-order valence-electron chi connectivity index (χ0n) is 15.8. The van der Waals surface area contributed by atoms with E-state index in [0.29, 0.717) is 11.2 Å². The summed E-state index contributed by atoms with van der Waals surface area (Å²) in [5, 5.41) is 0.822. The highest BCUT2D eigenvalue weighted by atomic mass is 32.2. The van der Waals surface area contributed by atoms with Gasteiger partial charge in [-0.25, -0.2) is 9.78 Å². The Morgan fingerprint density at radius 1 is 1.08 bits per heavy atom. The van der Waals surface area contributed by atoms with Crippen LogP contribution in [-0.4, -0.2) is 24.9 Å². The van der Waals surface area contributed by atoms with Crippen molar-refractivity contribution in [3.63, 3.8) is 0 Å². The van der Waals surface area contributed by atoms with Gasteiger partial charge in [-0.1, -0.05) is 57.2 Å². The SMILES string of the molecule is CCCCCCCCCSc1nc2c(c(=O)[nH]c(=O)n2C)n1C(C)C. The maximum absolute atomic E-state index is 12.3. The van der Waals surface area contributed by atoms with Crippen molar-refractivity contribution < 1.29 is 0 Å². The second kappa shape index (κ2) is 9.27. The van der Waals surface area contributed by atoms with E-state index in [1.165, 1.54) is 43.1 Å². The number of aromatic nitrogens is 4. The number of unbranched alkanes of at least 4 members (excludes halogenated alkanes) is 6. The lowest BCUT2D eigenvalue weighted by Crippen LogP contribution is -2.29. The van der Waals surface area contributed by atoms with Crippen LogP contribution >= 0.6 is 11.8 Å². The molecule has 0 spiro atoms. The van der Waals surface area contributed by atoms with Crippen molar-refractivity contribution in [2.45, 2.75) is 76.9 Å². The Labute approximate surface area is 153 Å². The summed E-state index contributed by atoms with van der Waals surface area (Å²) in [7, 11) is 1.64. The molecule has 7 heteroatoms. The van der Waals surface area contributed by atoms with E-state index in [0.717, 1.165) is 17.3 Å². The smallest absolute Gasteiger partial charge is 0.311 e. The van der Waals surface area contributed by atoms with Crippen LogP contribution in [0.5, 0.6) is 0 Å². The minimum absolute atomic E-state index is 0.111. The van der Waals surface area contributed by atoms with E-state index < -0.39 is 5.69 Å². The van der Waals surface area contributed by atoms with E-state index in [2.05, 4.69) is 16.9 Å². The Morgan fingerprint density at radius 2 is 1.72 bits per heavy atom. The molecule has 0 fully saturated rings. The summed E-state index contributed by atoms with van der Waals surface area (Å²) in [5.74, 6) is 0.982. The van der Waals surface area contributed by atoms with Crippen molar-refractivity contribution in [1.29, 1.82) is 0 Å². The van der Waals surface area contributed by atoms with Gasteiger partial charge in [0, 0.05) is 18.8 Å². The maximum Gasteiger partial charge on any atom is 0.329 e. The summed E-state index contributed by atoms with van der Waals surface area (Å²) in [6.45, 7) is 6.30. The Bertz CT molecular complexity index is 804. The fraction of sp³-hybridized carbons (Fsp3) is 0.722. The first-order chi connectivity index (χ1) is 12.0. The molecule has 2 heterocycles. The first-order valence-electron chi connectivity index (χ1n) is 9.31. The highest BCUT2D eigenvalue weighted by Crippen LogP contribution is 2.26. The lowest BCUT2D eigenvalue weighted by atomic mass is 10.1. The van der Waals surface area contributed by atoms with Gasteiger partial charge in [0.2, 0.25) is 0 Å². The van der Waals surface area contributed by atoms with Crippen molar-refractivity contribution in [2.75, 3.05) is 5.75 Å². The number of thioether (sulfide) groups is 1. The van der Waals surface area contributed by atoms with Crippen LogP contribution in [0, 0.1) is 0 Å². The van der Waals surface area contributed by atoms with Gasteiger partial charge >= 0.3 is 5.69 Å². The van der Waals surface area contributed by atoms with Crippen LogP contribution in [0.1, 0.15) is 71.8 Å². The highest BCUT2D eigenvalue weighted by Gasteiger charge is 2.19. The number of fused-ring (bicyclic) bond motifs is 1. The summed E-state index contributed by atoms with van der Waals surface area (Å²) in [4.78, 5) is 31.0. The van der Waals surface area contributed by atoms with Crippen LogP contribution in [0.3, 0.4) is 0 Å². The van der Waals surface area contributed by atoms with E-state index in [9.17, 15) is 9.59 Å². The number of nitrogens with zero attached hydrogens (tertiary/aromatic N) is 3. The molecule has 0 radical (unpaired) electrons. The molecule has 6 nitrogen and oxygen atoms in total. The monoisotopic (exact) mass is 366 g/mol. The highest BCUT2D eigenvalue weighted by molar-refractivity contribution is 7.99. The molecule has 0 saturated heterocycles. The number of rotatable bonds is 10. The number of nitrogens with one attached hydrogen (secondary N) is 1. The van der Waals surface area contributed by atoms with Crippen LogP contribution < -0.4 is 11.2 Å². The van der Waals surface area contributed by atoms with Crippen LogP contribution in [0.4, 0.5) is 0 Å². The third-order valence-corrected chi connectivity index (χ3v) is 5.45. The molecule has 2 rings (SSSR count). The van der Waals surface area contributed by atoms with Crippen molar-refractivity contribution in [3.8, 4) is 0 Å². The second-order valence-electron chi connectivity index (χ2n) is 6.82. The van der Waals surface area contributed by atoms with Crippen LogP contribution in [0.2, 0.25) is 0 Å². The van der Waals surface area contributed by atoms with Crippen molar-refractivity contribution in [3.05, 3.63) is 20.8 Å². The molecule has 0 aliphatic carbocycles. The third-order valence-electron chi connectivity index (χ3n) is 4.41. The van der Waals surface area contributed by atoms with E-state index >= 15 is 0 Å². The molecule has 0 saturated carbocycles. The number of imidazole rings is 1. The third kappa shape index (κ3) is 4.77. The quantitative estimate of drug-likeness (QED) is 0.512. The molecular weight excluding hydrogens is 336 g/mol. The van der Waals surface area contributed by atoms with Crippen LogP contribution in [0.25, 0.3) is 11.2 Å². The van der Waals surface area contributed by atoms with Gasteiger partial charge in [-0.2, -0.15) is 0 Å². The first-order valence-corrected chi connectivity index (χ1v) is 10.3. The molecule has 0 bridgehead atoms. The molecule has 0 aromatic carbocycles. The largest absolute Gasteiger partial charge is 0.329 e. The molecule has 2 aromatic heterocycles. The van der Waals surface area contributed by atoms with Gasteiger partial charge in [0.15, 0.2) is 16.3 Å². The fourth-order valence-electron chi connectivity index (χ4n) is 2.99. The average Bonchev–Trinajstić information content (AvgIpc) is 2.95. The minimum Gasteiger partial charge on any atom is -0.311 e. The number of hydrogen-bond donors (Lipinski definition) is 1. The van der Waals surface area contributed by atoms with Gasteiger partial charge in [0.05, 0.1) is 0 Å². The minimum atomic E-state index is -0.422. The molecular formula is C18H30N4O2S. The van der Waals surface area contributed by atoms with Gasteiger partial charge in [-0.05, 0) is 20.3 Å². The van der Waals surface area contributed by atoms with Gasteiger partial charge < -0.3 is 4.57 Å². The summed E-state index contributed by atoms with van der Waals surface area (Å²) in [6.07, 6.45) is 8.94. The van der Waals surface area contributed by atoms with Gasteiger partial charge in [-0.3, -0.25) is 14.3 Å². The number of aromatic amines is 1. The molecule has 0 aliphatic rings. The number of H-pyrrole nitrogens is 1. The normalized spacial score (nSPS) is 11.7. The molecule has 0 atom stereocenters. The predicted molar refractivity (Wildman–Crippen MR) is 105 cm³/mol. The van der Waals surface area contributed by atoms with Crippen LogP contribution in [-0.2, 0) is 7.05 Å². The Balaban J connectivity index is 2.07.